The number of allylic oxidation sites excluding steroid dienone is 2. The molecular weight excluding hydrogens is 412 g/mol. The van der Waals surface area contributed by atoms with E-state index in [2.05, 4.69) is 15.5 Å². The predicted octanol–water partition coefficient (Wildman–Crippen LogP) is 4.02. The molecule has 1 aromatic heterocycles. The van der Waals surface area contributed by atoms with Gasteiger partial charge in [0.25, 0.3) is 5.91 Å². The van der Waals surface area contributed by atoms with E-state index in [1.807, 2.05) is 49.4 Å². The number of nitrogens with zero attached hydrogens (tertiary/aromatic N) is 3. The molecule has 2 heterocycles. The Bertz CT molecular complexity index is 938. The molecule has 2 amide bonds. The minimum Gasteiger partial charge on any atom is -0.301 e. The second-order valence-corrected chi connectivity index (χ2v) is 8.76. The topological polar surface area (TPSA) is 75.2 Å². The van der Waals surface area contributed by atoms with Crippen LogP contribution in [-0.2, 0) is 9.59 Å². The van der Waals surface area contributed by atoms with Crippen molar-refractivity contribution in [3.8, 4) is 0 Å². The highest BCUT2D eigenvalue weighted by molar-refractivity contribution is 8.26. The zero-order chi connectivity index (χ0) is 19.9. The molecular formula is C19H18N4O2S3. The lowest BCUT2D eigenvalue weighted by Crippen LogP contribution is -2.29. The van der Waals surface area contributed by atoms with Gasteiger partial charge in [-0.2, -0.15) is 0 Å². The maximum atomic E-state index is 12.5. The Morgan fingerprint density at radius 1 is 1.29 bits per heavy atom. The molecule has 28 heavy (non-hydrogen) atoms. The first-order valence-corrected chi connectivity index (χ1v) is 10.6. The Labute approximate surface area is 176 Å². The van der Waals surface area contributed by atoms with Gasteiger partial charge in [0, 0.05) is 13.0 Å². The number of nitrogens with one attached hydrogen (secondary N) is 1. The maximum absolute atomic E-state index is 12.5. The number of hydrogen-bond donors (Lipinski definition) is 1. The summed E-state index contributed by atoms with van der Waals surface area (Å²) in [6, 6.07) is 9.86. The number of thiocarbonyl (C=S) groups is 1. The van der Waals surface area contributed by atoms with Crippen molar-refractivity contribution in [2.24, 2.45) is 0 Å². The monoisotopic (exact) mass is 430 g/mol. The average molecular weight is 431 g/mol. The summed E-state index contributed by atoms with van der Waals surface area (Å²) in [4.78, 5) is 26.6. The number of anilines is 1. The van der Waals surface area contributed by atoms with Gasteiger partial charge in [-0.05, 0) is 25.0 Å². The van der Waals surface area contributed by atoms with Gasteiger partial charge in [0.15, 0.2) is 0 Å². The molecule has 1 aromatic carbocycles. The van der Waals surface area contributed by atoms with Crippen molar-refractivity contribution >= 4 is 62.7 Å². The van der Waals surface area contributed by atoms with Crippen molar-refractivity contribution in [1.82, 2.24) is 15.1 Å². The van der Waals surface area contributed by atoms with E-state index in [9.17, 15) is 9.59 Å². The zero-order valence-electron chi connectivity index (χ0n) is 15.1. The number of benzene rings is 1. The summed E-state index contributed by atoms with van der Waals surface area (Å²) in [5.41, 5.74) is 1.06. The van der Waals surface area contributed by atoms with Crippen LogP contribution in [-0.4, -0.2) is 37.8 Å². The van der Waals surface area contributed by atoms with Crippen molar-refractivity contribution in [3.05, 3.63) is 58.0 Å². The lowest BCUT2D eigenvalue weighted by Gasteiger charge is -2.13. The predicted molar refractivity (Wildman–Crippen MR) is 118 cm³/mol. The van der Waals surface area contributed by atoms with E-state index < -0.39 is 0 Å². The van der Waals surface area contributed by atoms with Crippen LogP contribution >= 0.6 is 35.3 Å². The average Bonchev–Trinajstić information content (AvgIpc) is 3.20. The van der Waals surface area contributed by atoms with Gasteiger partial charge in [-0.1, -0.05) is 77.8 Å². The van der Waals surface area contributed by atoms with Gasteiger partial charge in [0.1, 0.15) is 9.33 Å². The molecule has 1 saturated heterocycles. The molecule has 0 atom stereocenters. The molecule has 9 heteroatoms. The number of carbonyl (C=O) groups excluding carboxylic acids is 2. The van der Waals surface area contributed by atoms with Crippen molar-refractivity contribution in [2.45, 2.75) is 19.8 Å². The first-order chi connectivity index (χ1) is 13.5. The summed E-state index contributed by atoms with van der Waals surface area (Å²) >= 11 is 7.92. The van der Waals surface area contributed by atoms with E-state index in [-0.39, 0.29) is 18.2 Å². The number of amides is 2. The van der Waals surface area contributed by atoms with Gasteiger partial charge in [-0.3, -0.25) is 14.5 Å². The van der Waals surface area contributed by atoms with Gasteiger partial charge in [-0.25, -0.2) is 0 Å². The van der Waals surface area contributed by atoms with Crippen LogP contribution in [0.5, 0.6) is 0 Å². The maximum Gasteiger partial charge on any atom is 0.266 e. The van der Waals surface area contributed by atoms with Gasteiger partial charge >= 0.3 is 0 Å². The first kappa shape index (κ1) is 20.4. The van der Waals surface area contributed by atoms with E-state index in [1.165, 1.54) is 23.1 Å². The first-order valence-electron chi connectivity index (χ1n) is 8.60. The molecule has 6 nitrogen and oxygen atoms in total. The Balaban J connectivity index is 1.48. The molecule has 1 N–H and O–H groups in total. The number of thioether (sulfide) groups is 1. The fraction of sp³-hybridized carbons (Fsp3) is 0.211. The van der Waals surface area contributed by atoms with Gasteiger partial charge in [-0.15, -0.1) is 10.2 Å². The van der Waals surface area contributed by atoms with E-state index in [0.29, 0.717) is 27.3 Å². The standard InChI is InChI=1S/C19H18N4O2S3/c1-13-21-22-18(27-13)20-16(24)11-6-12-23-17(25)15(28-19(23)26)10-5-9-14-7-3-2-4-8-14/h2-5,7-10H,6,11-12H2,1H3,(H,20,22,24). The van der Waals surface area contributed by atoms with E-state index in [0.717, 1.165) is 10.6 Å². The summed E-state index contributed by atoms with van der Waals surface area (Å²) in [6.07, 6.45) is 6.36. The third-order valence-corrected chi connectivity index (χ3v) is 5.92. The molecule has 2 aromatic rings. The Morgan fingerprint density at radius 3 is 2.79 bits per heavy atom. The van der Waals surface area contributed by atoms with Crippen molar-refractivity contribution in [3.63, 3.8) is 0 Å². The molecule has 1 aliphatic rings. The minimum absolute atomic E-state index is 0.118. The normalized spacial score (nSPS) is 15.8. The number of hydrogen-bond acceptors (Lipinski definition) is 7. The van der Waals surface area contributed by atoms with Crippen LogP contribution in [0.3, 0.4) is 0 Å². The molecule has 0 spiro atoms. The molecule has 0 aliphatic carbocycles. The summed E-state index contributed by atoms with van der Waals surface area (Å²) in [5.74, 6) is -0.268. The van der Waals surface area contributed by atoms with Crippen LogP contribution in [0.1, 0.15) is 23.4 Å². The third kappa shape index (κ3) is 5.57. The molecule has 0 bridgehead atoms. The fourth-order valence-electron chi connectivity index (χ4n) is 2.44. The van der Waals surface area contributed by atoms with Crippen LogP contribution in [0.15, 0.2) is 47.4 Å². The van der Waals surface area contributed by atoms with Gasteiger partial charge < -0.3 is 5.32 Å². The number of aromatic nitrogens is 2. The highest BCUT2D eigenvalue weighted by Crippen LogP contribution is 2.31. The SMILES string of the molecule is Cc1nnc(NC(=O)CCCN2C(=O)C(=CC=Cc3ccccc3)SC2=S)s1. The highest BCUT2D eigenvalue weighted by atomic mass is 32.2. The van der Waals surface area contributed by atoms with Gasteiger partial charge in [0.05, 0.1) is 4.91 Å². The molecule has 144 valence electrons. The molecule has 1 aliphatic heterocycles. The smallest absolute Gasteiger partial charge is 0.266 e. The number of carbonyl (C=O) groups is 2. The Kier molecular flexibility index (Phi) is 7.07. The van der Waals surface area contributed by atoms with Crippen molar-refractivity contribution < 1.29 is 9.59 Å². The summed E-state index contributed by atoms with van der Waals surface area (Å²) in [6.45, 7) is 2.23. The zero-order valence-corrected chi connectivity index (χ0v) is 17.6. The second kappa shape index (κ2) is 9.72. The Morgan fingerprint density at radius 2 is 2.07 bits per heavy atom. The second-order valence-electron chi connectivity index (χ2n) is 5.90. The van der Waals surface area contributed by atoms with Crippen molar-refractivity contribution in [2.75, 3.05) is 11.9 Å². The van der Waals surface area contributed by atoms with Gasteiger partial charge in [0.2, 0.25) is 11.0 Å². The lowest BCUT2D eigenvalue weighted by molar-refractivity contribution is -0.122. The highest BCUT2D eigenvalue weighted by Gasteiger charge is 2.31. The largest absolute Gasteiger partial charge is 0.301 e. The van der Waals surface area contributed by atoms with Crippen molar-refractivity contribution in [1.29, 1.82) is 0 Å². The summed E-state index contributed by atoms with van der Waals surface area (Å²) < 4.78 is 0.518. The summed E-state index contributed by atoms with van der Waals surface area (Å²) in [5, 5.41) is 11.7. The van der Waals surface area contributed by atoms with E-state index in [1.54, 1.807) is 11.0 Å². The van der Waals surface area contributed by atoms with Crippen LogP contribution in [0, 0.1) is 6.92 Å². The number of rotatable bonds is 7. The Hall–Kier alpha value is -2.36. The van der Waals surface area contributed by atoms with Crippen LogP contribution in [0.25, 0.3) is 6.08 Å². The van der Waals surface area contributed by atoms with Crippen LogP contribution < -0.4 is 5.32 Å². The van der Waals surface area contributed by atoms with Crippen LogP contribution in [0.4, 0.5) is 5.13 Å². The fourth-order valence-corrected chi connectivity index (χ4v) is 4.31. The molecule has 3 rings (SSSR count). The number of aryl methyl sites for hydroxylation is 1. The lowest BCUT2D eigenvalue weighted by atomic mass is 10.2. The van der Waals surface area contributed by atoms with E-state index >= 15 is 0 Å². The third-order valence-electron chi connectivity index (χ3n) is 3.77. The molecule has 0 radical (unpaired) electrons. The van der Waals surface area contributed by atoms with Crippen LogP contribution in [0.2, 0.25) is 0 Å². The minimum atomic E-state index is -0.150. The molecule has 1 fully saturated rings. The quantitative estimate of drug-likeness (QED) is 0.528. The molecule has 0 saturated carbocycles. The molecule has 0 unspecified atom stereocenters. The van der Waals surface area contributed by atoms with E-state index in [4.69, 9.17) is 12.2 Å². The summed E-state index contributed by atoms with van der Waals surface area (Å²) in [7, 11) is 0.